The van der Waals surface area contributed by atoms with Crippen LogP contribution >= 0.6 is 11.6 Å². The molecule has 2 rings (SSSR count). The lowest BCUT2D eigenvalue weighted by molar-refractivity contribution is 0.0600. The summed E-state index contributed by atoms with van der Waals surface area (Å²) in [5.74, 6) is -1.31. The fourth-order valence-electron chi connectivity index (χ4n) is 2.41. The van der Waals surface area contributed by atoms with Crippen LogP contribution in [-0.2, 0) is 20.4 Å². The minimum atomic E-state index is -2.56. The maximum atomic E-state index is 12.1. The van der Waals surface area contributed by atoms with Crippen LogP contribution in [0.25, 0.3) is 0 Å². The molecule has 0 bridgehead atoms. The van der Waals surface area contributed by atoms with Gasteiger partial charge in [-0.15, -0.1) is 4.28 Å². The molecule has 0 amide bonds. The molecule has 0 aromatic heterocycles. The van der Waals surface area contributed by atoms with Crippen LogP contribution in [-0.4, -0.2) is 28.9 Å². The third-order valence-corrected chi connectivity index (χ3v) is 4.21. The van der Waals surface area contributed by atoms with E-state index in [4.69, 9.17) is 20.9 Å². The Morgan fingerprint density at radius 2 is 1.88 bits per heavy atom. The van der Waals surface area contributed by atoms with E-state index in [1.807, 2.05) is 0 Å². The minimum absolute atomic E-state index is 0.0900. The number of rotatable bonds is 6. The van der Waals surface area contributed by atoms with E-state index in [2.05, 4.69) is 10.4 Å². The predicted octanol–water partition coefficient (Wildman–Crippen LogP) is 3.29. The Labute approximate surface area is 158 Å². The van der Waals surface area contributed by atoms with Crippen molar-refractivity contribution >= 4 is 34.6 Å². The fraction of sp³-hybridized carbons (Fsp3) is 0.176. The number of carbonyl (C=O) groups is 1. The van der Waals surface area contributed by atoms with E-state index in [9.17, 15) is 14.3 Å². The van der Waals surface area contributed by atoms with Crippen LogP contribution in [0.4, 0.5) is 5.69 Å². The highest BCUT2D eigenvalue weighted by molar-refractivity contribution is 7.74. The lowest BCUT2D eigenvalue weighted by Gasteiger charge is -2.20. The van der Waals surface area contributed by atoms with Crippen LogP contribution in [0.3, 0.4) is 0 Å². The number of hydroxylamine groups is 1. The van der Waals surface area contributed by atoms with E-state index in [-0.39, 0.29) is 11.3 Å². The van der Waals surface area contributed by atoms with Gasteiger partial charge in [-0.3, -0.25) is 4.55 Å². The zero-order valence-corrected chi connectivity index (χ0v) is 15.5. The van der Waals surface area contributed by atoms with Gasteiger partial charge in [0, 0.05) is 12.1 Å². The van der Waals surface area contributed by atoms with Gasteiger partial charge in [0.15, 0.2) is 0 Å². The first kappa shape index (κ1) is 19.9. The number of hydrogen-bond acceptors (Lipinski definition) is 6. The van der Waals surface area contributed by atoms with Crippen LogP contribution in [0.1, 0.15) is 27.4 Å². The number of anilines is 1. The van der Waals surface area contributed by atoms with Crippen molar-refractivity contribution in [2.45, 2.75) is 5.92 Å². The zero-order chi connectivity index (χ0) is 19.3. The molecule has 0 radical (unpaired) electrons. The van der Waals surface area contributed by atoms with Gasteiger partial charge in [0.1, 0.15) is 0 Å². The first-order chi connectivity index (χ1) is 12.4. The van der Waals surface area contributed by atoms with Crippen molar-refractivity contribution in [3.05, 3.63) is 64.2 Å². The van der Waals surface area contributed by atoms with Crippen molar-refractivity contribution in [3.63, 3.8) is 0 Å². The third-order valence-electron chi connectivity index (χ3n) is 3.61. The fourth-order valence-corrected chi connectivity index (χ4v) is 2.81. The average molecular weight is 395 g/mol. The van der Waals surface area contributed by atoms with Crippen LogP contribution in [0, 0.1) is 11.3 Å². The Hall–Kier alpha value is -2.44. The topological polar surface area (TPSA) is 99.9 Å². The summed E-state index contributed by atoms with van der Waals surface area (Å²) >= 11 is 3.32. The van der Waals surface area contributed by atoms with Crippen molar-refractivity contribution in [2.24, 2.45) is 0 Å². The third kappa shape index (κ3) is 4.59. The molecule has 0 saturated carbocycles. The standard InChI is InChI=1S/C17H15ClN2O5S/c1-20(25-26(22)23)16-8-5-12(9-14(16)17(21)24-2)15(10-19)11-3-6-13(18)7-4-11/h3-9,15H,1-2H3,(H,22,23). The lowest BCUT2D eigenvalue weighted by atomic mass is 9.91. The van der Waals surface area contributed by atoms with Crippen molar-refractivity contribution in [2.75, 3.05) is 19.2 Å². The van der Waals surface area contributed by atoms with Crippen molar-refractivity contribution < 1.29 is 22.6 Å². The summed E-state index contributed by atoms with van der Waals surface area (Å²) in [6, 6.07) is 13.6. The minimum Gasteiger partial charge on any atom is -0.465 e. The van der Waals surface area contributed by atoms with Gasteiger partial charge >= 0.3 is 17.3 Å². The molecular formula is C17H15ClN2O5S. The van der Waals surface area contributed by atoms with Gasteiger partial charge in [-0.25, -0.2) is 9.86 Å². The Balaban J connectivity index is 2.50. The van der Waals surface area contributed by atoms with Crippen LogP contribution < -0.4 is 5.06 Å². The number of nitrogens with zero attached hydrogens (tertiary/aromatic N) is 2. The van der Waals surface area contributed by atoms with E-state index in [1.165, 1.54) is 26.3 Å². The molecule has 9 heteroatoms. The van der Waals surface area contributed by atoms with Gasteiger partial charge in [-0.05, 0) is 35.4 Å². The molecule has 2 atom stereocenters. The smallest absolute Gasteiger partial charge is 0.340 e. The van der Waals surface area contributed by atoms with E-state index in [1.54, 1.807) is 30.3 Å². The Morgan fingerprint density at radius 3 is 2.42 bits per heavy atom. The van der Waals surface area contributed by atoms with Gasteiger partial charge in [0.25, 0.3) is 0 Å². The number of ether oxygens (including phenoxy) is 1. The number of benzene rings is 2. The van der Waals surface area contributed by atoms with Gasteiger partial charge in [0.05, 0.1) is 30.3 Å². The highest BCUT2D eigenvalue weighted by Crippen LogP contribution is 2.30. The number of hydrogen-bond donors (Lipinski definition) is 1. The van der Waals surface area contributed by atoms with Crippen LogP contribution in [0.5, 0.6) is 0 Å². The zero-order valence-electron chi connectivity index (χ0n) is 13.9. The largest absolute Gasteiger partial charge is 0.465 e. The summed E-state index contributed by atoms with van der Waals surface area (Å²) in [7, 11) is 2.58. The summed E-state index contributed by atoms with van der Waals surface area (Å²) in [6.45, 7) is 0. The second-order valence-electron chi connectivity index (χ2n) is 5.17. The normalized spacial score (nSPS) is 12.7. The summed E-state index contributed by atoms with van der Waals surface area (Å²) in [6.07, 6.45) is 0. The predicted molar refractivity (Wildman–Crippen MR) is 96.9 cm³/mol. The number of methoxy groups -OCH3 is 1. The SMILES string of the molecule is COC(=O)c1cc(C(C#N)c2ccc(Cl)cc2)ccc1N(C)OS(=O)O. The van der Waals surface area contributed by atoms with Crippen molar-refractivity contribution in [3.8, 4) is 6.07 Å². The maximum absolute atomic E-state index is 12.1. The van der Waals surface area contributed by atoms with E-state index >= 15 is 0 Å². The van der Waals surface area contributed by atoms with Crippen molar-refractivity contribution in [1.82, 2.24) is 0 Å². The molecule has 0 spiro atoms. The average Bonchev–Trinajstić information content (AvgIpc) is 2.62. The van der Waals surface area contributed by atoms with E-state index < -0.39 is 23.2 Å². The first-order valence-corrected chi connectivity index (χ1v) is 8.68. The molecule has 136 valence electrons. The molecule has 0 aliphatic heterocycles. The summed E-state index contributed by atoms with van der Waals surface area (Å²) < 4.78 is 29.1. The second-order valence-corrected chi connectivity index (χ2v) is 6.19. The molecule has 1 N–H and O–H groups in total. The molecule has 7 nitrogen and oxygen atoms in total. The monoisotopic (exact) mass is 394 g/mol. The molecule has 2 aromatic rings. The quantitative estimate of drug-likeness (QED) is 0.455. The molecule has 2 aromatic carbocycles. The van der Waals surface area contributed by atoms with Gasteiger partial charge in [-0.1, -0.05) is 29.8 Å². The first-order valence-electron chi connectivity index (χ1n) is 7.27. The molecule has 0 aliphatic carbocycles. The molecule has 0 saturated heterocycles. The number of esters is 1. The molecule has 2 unspecified atom stereocenters. The Morgan fingerprint density at radius 1 is 1.27 bits per heavy atom. The lowest BCUT2D eigenvalue weighted by Crippen LogP contribution is -2.22. The molecule has 0 aliphatic rings. The number of halogens is 1. The summed E-state index contributed by atoms with van der Waals surface area (Å²) in [5, 5.41) is 11.1. The summed E-state index contributed by atoms with van der Waals surface area (Å²) in [4.78, 5) is 12.1. The highest BCUT2D eigenvalue weighted by atomic mass is 35.5. The van der Waals surface area contributed by atoms with Gasteiger partial charge in [-0.2, -0.15) is 9.47 Å². The maximum Gasteiger partial charge on any atom is 0.340 e. The van der Waals surface area contributed by atoms with Gasteiger partial charge in [0.2, 0.25) is 0 Å². The number of nitriles is 1. The summed E-state index contributed by atoms with van der Waals surface area (Å²) in [5.41, 5.74) is 1.57. The van der Waals surface area contributed by atoms with Gasteiger partial charge < -0.3 is 4.74 Å². The van der Waals surface area contributed by atoms with E-state index in [0.717, 1.165) is 5.06 Å². The Kier molecular flexibility index (Phi) is 6.71. The van der Waals surface area contributed by atoms with E-state index in [0.29, 0.717) is 16.1 Å². The molecule has 0 heterocycles. The molecule has 26 heavy (non-hydrogen) atoms. The second kappa shape index (κ2) is 8.78. The van der Waals surface area contributed by atoms with Crippen molar-refractivity contribution in [1.29, 1.82) is 5.26 Å². The molecular weight excluding hydrogens is 380 g/mol. The number of carbonyl (C=O) groups excluding carboxylic acids is 1. The van der Waals surface area contributed by atoms with Crippen LogP contribution in [0.2, 0.25) is 5.02 Å². The molecule has 0 fully saturated rings. The van der Waals surface area contributed by atoms with Crippen LogP contribution in [0.15, 0.2) is 42.5 Å². The Bertz CT molecular complexity index is 866. The highest BCUT2D eigenvalue weighted by Gasteiger charge is 2.21.